The molecule has 0 spiro atoms. The van der Waals surface area contributed by atoms with Crippen molar-refractivity contribution in [3.05, 3.63) is 77.8 Å². The van der Waals surface area contributed by atoms with Gasteiger partial charge in [0.1, 0.15) is 22.9 Å². The fourth-order valence-electron chi connectivity index (χ4n) is 6.25. The smallest absolute Gasteiger partial charge is 0.270 e. The Hall–Kier alpha value is -5.26. The molecule has 1 saturated heterocycles. The minimum Gasteiger partial charge on any atom is -0.497 e. The highest BCUT2D eigenvalue weighted by molar-refractivity contribution is 6.11. The number of piperazine rings is 1. The molecular formula is C35H40N8O4. The van der Waals surface area contributed by atoms with E-state index in [0.717, 1.165) is 42.4 Å². The molecule has 1 aliphatic heterocycles. The molecule has 1 aromatic carbocycles. The summed E-state index contributed by atoms with van der Waals surface area (Å²) in [5.41, 5.74) is 3.24. The van der Waals surface area contributed by atoms with Crippen molar-refractivity contribution in [3.63, 3.8) is 0 Å². The molecule has 0 bridgehead atoms. The summed E-state index contributed by atoms with van der Waals surface area (Å²) in [5, 5.41) is 4.05. The normalized spacial score (nSPS) is 15.6. The van der Waals surface area contributed by atoms with E-state index in [1.54, 1.807) is 74.6 Å². The van der Waals surface area contributed by atoms with Crippen molar-refractivity contribution in [1.29, 1.82) is 0 Å². The Labute approximate surface area is 274 Å². The Morgan fingerprint density at radius 1 is 0.957 bits per heavy atom. The first kappa shape index (κ1) is 31.7. The van der Waals surface area contributed by atoms with Crippen molar-refractivity contribution in [2.75, 3.05) is 57.6 Å². The number of carbonyl (C=O) groups excluding carboxylic acids is 3. The van der Waals surface area contributed by atoms with Crippen LogP contribution in [0.25, 0.3) is 11.0 Å². The Kier molecular flexibility index (Phi) is 9.19. The van der Waals surface area contributed by atoms with E-state index >= 15 is 0 Å². The lowest BCUT2D eigenvalue weighted by atomic mass is 10.0. The number of pyridine rings is 1. The van der Waals surface area contributed by atoms with Gasteiger partial charge in [0.15, 0.2) is 5.78 Å². The van der Waals surface area contributed by atoms with Crippen LogP contribution in [-0.4, -0.2) is 94.3 Å². The summed E-state index contributed by atoms with van der Waals surface area (Å²) in [7, 11) is 5.10. The minimum atomic E-state index is -0.184. The van der Waals surface area contributed by atoms with E-state index in [4.69, 9.17) is 9.72 Å². The van der Waals surface area contributed by atoms with E-state index in [2.05, 4.69) is 24.8 Å². The summed E-state index contributed by atoms with van der Waals surface area (Å²) >= 11 is 0. The maximum absolute atomic E-state index is 13.0. The number of ether oxygens (including phenoxy) is 1. The second-order valence-electron chi connectivity index (χ2n) is 12.2. The van der Waals surface area contributed by atoms with E-state index in [1.165, 1.54) is 6.08 Å². The van der Waals surface area contributed by atoms with Crippen LogP contribution in [0.3, 0.4) is 0 Å². The van der Waals surface area contributed by atoms with Gasteiger partial charge >= 0.3 is 0 Å². The van der Waals surface area contributed by atoms with E-state index in [9.17, 15) is 14.4 Å². The van der Waals surface area contributed by atoms with Gasteiger partial charge in [0.2, 0.25) is 11.9 Å². The minimum absolute atomic E-state index is 0.0433. The zero-order valence-electron chi connectivity index (χ0n) is 27.3. The average Bonchev–Trinajstić information content (AvgIpc) is 3.76. The third-order valence-corrected chi connectivity index (χ3v) is 8.89. The monoisotopic (exact) mass is 636 g/mol. The molecule has 6 rings (SSSR count). The molecule has 0 atom stereocenters. The lowest BCUT2D eigenvalue weighted by molar-refractivity contribution is -0.126. The molecule has 2 aliphatic rings. The van der Waals surface area contributed by atoms with Crippen LogP contribution in [0.1, 0.15) is 59.5 Å². The summed E-state index contributed by atoms with van der Waals surface area (Å²) < 4.78 is 7.25. The van der Waals surface area contributed by atoms with E-state index in [1.807, 2.05) is 18.2 Å². The average molecular weight is 637 g/mol. The number of carbonyl (C=O) groups is 3. The number of benzene rings is 1. The second kappa shape index (κ2) is 13.6. The number of Topliss-reactive ketones (excluding diaryl/α,β-unsaturated/α-hetero) is 1. The maximum Gasteiger partial charge on any atom is 0.270 e. The third kappa shape index (κ3) is 6.81. The van der Waals surface area contributed by atoms with Crippen LogP contribution in [-0.2, 0) is 4.79 Å². The summed E-state index contributed by atoms with van der Waals surface area (Å²) in [5.74, 6) is 1.29. The topological polar surface area (TPSA) is 126 Å². The number of anilines is 3. The summed E-state index contributed by atoms with van der Waals surface area (Å²) in [6, 6.07) is 12.8. The number of ketones is 1. The first-order valence-corrected chi connectivity index (χ1v) is 16.0. The Bertz CT molecular complexity index is 1800. The van der Waals surface area contributed by atoms with Crippen molar-refractivity contribution >= 4 is 46.1 Å². The van der Waals surface area contributed by atoms with Crippen molar-refractivity contribution in [1.82, 2.24) is 29.3 Å². The molecule has 0 unspecified atom stereocenters. The zero-order chi connectivity index (χ0) is 33.1. The van der Waals surface area contributed by atoms with Crippen molar-refractivity contribution in [3.8, 4) is 5.75 Å². The number of rotatable bonds is 9. The van der Waals surface area contributed by atoms with E-state index in [-0.39, 0.29) is 23.6 Å². The van der Waals surface area contributed by atoms with Gasteiger partial charge < -0.3 is 29.3 Å². The molecule has 1 saturated carbocycles. The number of methoxy groups -OCH3 is 1. The quantitative estimate of drug-likeness (QED) is 0.202. The Morgan fingerprint density at radius 2 is 1.68 bits per heavy atom. The van der Waals surface area contributed by atoms with Crippen molar-refractivity contribution in [2.45, 2.75) is 38.6 Å². The number of aromatic nitrogens is 4. The van der Waals surface area contributed by atoms with Gasteiger partial charge in [-0.05, 0) is 62.2 Å². The maximum atomic E-state index is 13.0. The number of hydrogen-bond acceptors (Lipinski definition) is 9. The predicted octanol–water partition coefficient (Wildman–Crippen LogP) is 4.87. The number of fused-ring (bicyclic) bond motifs is 1. The zero-order valence-corrected chi connectivity index (χ0v) is 27.3. The first-order valence-electron chi connectivity index (χ1n) is 16.0. The number of allylic oxidation sites excluding steroid dienone is 1. The molecule has 1 aliphatic carbocycles. The third-order valence-electron chi connectivity index (χ3n) is 8.89. The van der Waals surface area contributed by atoms with Crippen LogP contribution in [0.4, 0.5) is 17.5 Å². The molecule has 47 heavy (non-hydrogen) atoms. The molecule has 2 amide bonds. The molecule has 1 N–H and O–H groups in total. The molecule has 3 aromatic heterocycles. The van der Waals surface area contributed by atoms with Crippen LogP contribution in [0.5, 0.6) is 5.75 Å². The number of amides is 2. The number of nitrogens with zero attached hydrogens (tertiary/aromatic N) is 7. The van der Waals surface area contributed by atoms with Gasteiger partial charge in [0.05, 0.1) is 19.0 Å². The second-order valence-corrected chi connectivity index (χ2v) is 12.2. The summed E-state index contributed by atoms with van der Waals surface area (Å²) in [6.07, 6.45) is 9.30. The molecule has 2 fully saturated rings. The molecule has 4 aromatic rings. The van der Waals surface area contributed by atoms with Crippen LogP contribution >= 0.6 is 0 Å². The highest BCUT2D eigenvalue weighted by atomic mass is 16.5. The fourth-order valence-corrected chi connectivity index (χ4v) is 6.25. The highest BCUT2D eigenvalue weighted by Crippen LogP contribution is 2.35. The van der Waals surface area contributed by atoms with Gasteiger partial charge in [-0.1, -0.05) is 12.8 Å². The molecule has 244 valence electrons. The standard InChI is InChI=1S/C35H40N8O4/c1-23(32(45)24-9-12-28(47-4)13-10-24)19-31(44)42-17-15-41(16-18-42)27-11-14-30(36-22-27)38-35-37-21-25-20-29(34(46)40(2)3)43(33(25)39-35)26-7-5-6-8-26/h9-14,19-22,26H,5-8,15-18H2,1-4H3,(H,36,37,38,39)/b23-19+. The summed E-state index contributed by atoms with van der Waals surface area (Å²) in [4.78, 5) is 58.2. The Balaban J connectivity index is 1.08. The van der Waals surface area contributed by atoms with Gasteiger partial charge in [0, 0.05) is 75.1 Å². The van der Waals surface area contributed by atoms with Gasteiger partial charge in [-0.25, -0.2) is 9.97 Å². The number of nitrogens with one attached hydrogen (secondary N) is 1. The van der Waals surface area contributed by atoms with Crippen LogP contribution < -0.4 is 15.0 Å². The van der Waals surface area contributed by atoms with Gasteiger partial charge in [-0.15, -0.1) is 0 Å². The predicted molar refractivity (Wildman–Crippen MR) is 180 cm³/mol. The fraction of sp³-hybridized carbons (Fsp3) is 0.371. The van der Waals surface area contributed by atoms with Gasteiger partial charge in [-0.3, -0.25) is 14.4 Å². The van der Waals surface area contributed by atoms with Gasteiger partial charge in [-0.2, -0.15) is 4.98 Å². The van der Waals surface area contributed by atoms with Crippen LogP contribution in [0.2, 0.25) is 0 Å². The van der Waals surface area contributed by atoms with Crippen molar-refractivity contribution < 1.29 is 19.1 Å². The molecule has 12 heteroatoms. The Morgan fingerprint density at radius 3 is 2.32 bits per heavy atom. The largest absolute Gasteiger partial charge is 0.497 e. The van der Waals surface area contributed by atoms with Crippen LogP contribution in [0.15, 0.2) is 66.5 Å². The highest BCUT2D eigenvalue weighted by Gasteiger charge is 2.27. The molecule has 12 nitrogen and oxygen atoms in total. The first-order chi connectivity index (χ1) is 22.7. The van der Waals surface area contributed by atoms with Crippen molar-refractivity contribution in [2.24, 2.45) is 0 Å². The van der Waals surface area contributed by atoms with Crippen LogP contribution in [0, 0.1) is 0 Å². The lowest BCUT2D eigenvalue weighted by Gasteiger charge is -2.35. The van der Waals surface area contributed by atoms with E-state index in [0.29, 0.717) is 60.5 Å². The summed E-state index contributed by atoms with van der Waals surface area (Å²) in [6.45, 7) is 4.02. The van der Waals surface area contributed by atoms with E-state index < -0.39 is 0 Å². The molecule has 4 heterocycles. The SMILES string of the molecule is COc1ccc(C(=O)/C(C)=C/C(=O)N2CCN(c3ccc(Nc4ncc5cc(C(=O)N(C)C)n(C6CCCC6)c5n4)nc3)CC2)cc1. The molecular weight excluding hydrogens is 596 g/mol. The number of hydrogen-bond donors (Lipinski definition) is 1. The molecule has 0 radical (unpaired) electrons. The lowest BCUT2D eigenvalue weighted by Crippen LogP contribution is -2.48. The van der Waals surface area contributed by atoms with Gasteiger partial charge in [0.25, 0.3) is 5.91 Å².